The molecule has 23 nitrogen and oxygen atoms in total. The van der Waals surface area contributed by atoms with E-state index in [9.17, 15) is 30.6 Å². The van der Waals surface area contributed by atoms with Gasteiger partial charge in [0.15, 0.2) is 12.6 Å². The van der Waals surface area contributed by atoms with Crippen LogP contribution in [0.25, 0.3) is 10.4 Å². The van der Waals surface area contributed by atoms with Crippen LogP contribution in [0.15, 0.2) is 17.5 Å². The van der Waals surface area contributed by atoms with Crippen LogP contribution >= 0.6 is 0 Å². The first-order valence-electron chi connectivity index (χ1n) is 16.8. The number of hydrogen-bond acceptors (Lipinski definition) is 19. The fraction of sp³-hybridized carbons (Fsp3) is 0.862. The van der Waals surface area contributed by atoms with Crippen molar-refractivity contribution in [3.63, 3.8) is 0 Å². The quantitative estimate of drug-likeness (QED) is 0.0286. The van der Waals surface area contributed by atoms with E-state index in [1.54, 1.807) is 35.6 Å². The van der Waals surface area contributed by atoms with Crippen molar-refractivity contribution in [1.82, 2.24) is 30.0 Å². The molecule has 6 N–H and O–H groups in total. The van der Waals surface area contributed by atoms with Gasteiger partial charge < -0.3 is 68.5 Å². The van der Waals surface area contributed by atoms with Crippen LogP contribution in [0.5, 0.6) is 0 Å². The molecule has 10 atom stereocenters. The van der Waals surface area contributed by atoms with Gasteiger partial charge in [-0.05, 0) is 19.4 Å². The summed E-state index contributed by atoms with van der Waals surface area (Å²) in [6.45, 7) is 5.56. The Hall–Kier alpha value is -2.97. The Kier molecular flexibility index (Phi) is 17.4. The highest BCUT2D eigenvalue weighted by molar-refractivity contribution is 4.91. The fourth-order valence-corrected chi connectivity index (χ4v) is 5.08. The molecule has 0 amide bonds. The largest absolute Gasteiger partial charge is 0.388 e. The molecule has 4 heterocycles. The van der Waals surface area contributed by atoms with Crippen molar-refractivity contribution in [2.45, 2.75) is 108 Å². The number of aliphatic hydroxyl groups is 6. The average molecular weight is 748 g/mol. The zero-order valence-corrected chi connectivity index (χ0v) is 29.0. The second kappa shape index (κ2) is 21.7. The third kappa shape index (κ3) is 12.9. The monoisotopic (exact) mass is 747 g/mol. The molecule has 0 unspecified atom stereocenters. The average Bonchev–Trinajstić information content (AvgIpc) is 3.79. The minimum Gasteiger partial charge on any atom is -0.388 e. The maximum absolute atomic E-state index is 9.98. The van der Waals surface area contributed by atoms with Crippen LogP contribution in [-0.2, 0) is 64.2 Å². The van der Waals surface area contributed by atoms with Gasteiger partial charge in [0.25, 0.3) is 0 Å². The lowest BCUT2D eigenvalue weighted by molar-refractivity contribution is -0.294. The Morgan fingerprint density at radius 2 is 1.12 bits per heavy atom. The molecule has 23 heteroatoms. The van der Waals surface area contributed by atoms with Crippen molar-refractivity contribution in [1.29, 1.82) is 0 Å². The van der Waals surface area contributed by atoms with E-state index in [2.05, 4.69) is 30.7 Å². The molecular formula is C29H49N9O14. The van der Waals surface area contributed by atoms with E-state index in [4.69, 9.17) is 43.4 Å². The van der Waals surface area contributed by atoms with Crippen LogP contribution < -0.4 is 0 Å². The molecule has 2 aromatic rings. The van der Waals surface area contributed by atoms with Gasteiger partial charge in [0.2, 0.25) is 0 Å². The van der Waals surface area contributed by atoms with E-state index in [1.165, 1.54) is 0 Å². The number of azide groups is 1. The first-order valence-corrected chi connectivity index (χ1v) is 16.8. The molecule has 0 spiro atoms. The lowest BCUT2D eigenvalue weighted by atomic mass is 10.0. The fourth-order valence-electron chi connectivity index (χ4n) is 5.08. The summed E-state index contributed by atoms with van der Waals surface area (Å²) in [6.07, 6.45) is -7.99. The van der Waals surface area contributed by atoms with Crippen LogP contribution in [0.4, 0.5) is 0 Å². The number of aliphatic hydroxyl groups excluding tert-OH is 6. The molecule has 52 heavy (non-hydrogen) atoms. The summed E-state index contributed by atoms with van der Waals surface area (Å²) >= 11 is 0. The van der Waals surface area contributed by atoms with Crippen LogP contribution in [0.1, 0.15) is 25.2 Å². The highest BCUT2D eigenvalue weighted by atomic mass is 16.7. The van der Waals surface area contributed by atoms with Gasteiger partial charge in [0.05, 0.1) is 110 Å². The molecule has 2 aromatic heterocycles. The number of hydrogen-bond donors (Lipinski definition) is 6. The topological polar surface area (TPSA) is 305 Å². The minimum atomic E-state index is -1.37. The van der Waals surface area contributed by atoms with Gasteiger partial charge in [-0.1, -0.05) is 15.5 Å². The Bertz CT molecular complexity index is 1260. The number of nitrogens with zero attached hydrogens (tertiary/aromatic N) is 9. The SMILES string of the molecule is C[C@@H]1O[C@@H](OCCOCCn2cc(COCC(COCc3cn(CCOCCO[C@@H]4O[C@@H](C)[C@@H](O)[C@@H](O)[C@@H]4O)nn3)N=[N+]=[N-])nn2)[C@@H](O)[C@H](O)[C@@H]1O. The summed E-state index contributed by atoms with van der Waals surface area (Å²) in [5, 5.41) is 79.0. The molecule has 0 bridgehead atoms. The minimum absolute atomic E-state index is 0.0787. The van der Waals surface area contributed by atoms with Crippen molar-refractivity contribution < 1.29 is 68.5 Å². The molecule has 0 aromatic carbocycles. The van der Waals surface area contributed by atoms with E-state index in [0.717, 1.165) is 0 Å². The van der Waals surface area contributed by atoms with E-state index >= 15 is 0 Å². The summed E-state index contributed by atoms with van der Waals surface area (Å²) in [7, 11) is 0. The van der Waals surface area contributed by atoms with Gasteiger partial charge in [0, 0.05) is 4.91 Å². The van der Waals surface area contributed by atoms with E-state index < -0.39 is 67.5 Å². The smallest absolute Gasteiger partial charge is 0.186 e. The second-order valence-electron chi connectivity index (χ2n) is 12.2. The number of ether oxygens (including phenoxy) is 8. The Morgan fingerprint density at radius 3 is 1.54 bits per heavy atom. The summed E-state index contributed by atoms with van der Waals surface area (Å²) in [6, 6.07) is -0.602. The third-order valence-corrected chi connectivity index (χ3v) is 8.07. The molecule has 2 aliphatic rings. The standard InChI is InChI=1S/C29H49N9O14/c1-17-22(39)24(41)26(43)28(51-17)49-9-7-45-5-3-37-11-19(32-35-37)13-47-15-21(31-34-30)16-48-14-20-12-38(36-33-20)4-6-46-8-10-50-29-27(44)25(42)23(40)18(2)52-29/h11-12,17-18,21-29,39-44H,3-10,13-16H2,1-2H3/t17-,18-,22+,23+,24+,25+,26-,27-,28+,29+/m0/s1. The third-order valence-electron chi connectivity index (χ3n) is 8.07. The van der Waals surface area contributed by atoms with Crippen molar-refractivity contribution in [3.8, 4) is 0 Å². The molecule has 294 valence electrons. The van der Waals surface area contributed by atoms with Crippen LogP contribution in [0.3, 0.4) is 0 Å². The second-order valence-corrected chi connectivity index (χ2v) is 12.2. The molecule has 2 saturated heterocycles. The lowest BCUT2D eigenvalue weighted by Gasteiger charge is -2.38. The lowest BCUT2D eigenvalue weighted by Crippen LogP contribution is -2.57. The van der Waals surface area contributed by atoms with Crippen molar-refractivity contribution >= 4 is 0 Å². The van der Waals surface area contributed by atoms with Crippen LogP contribution in [-0.4, -0.2) is 181 Å². The van der Waals surface area contributed by atoms with Crippen molar-refractivity contribution in [2.75, 3.05) is 52.9 Å². The summed E-state index contributed by atoms with van der Waals surface area (Å²) in [5.74, 6) is 0. The van der Waals surface area contributed by atoms with Crippen molar-refractivity contribution in [2.24, 2.45) is 5.11 Å². The normalized spacial score (nSPS) is 29.9. The summed E-state index contributed by atoms with van der Waals surface area (Å²) < 4.78 is 47.1. The first-order chi connectivity index (χ1) is 25.1. The molecule has 2 aliphatic heterocycles. The predicted octanol–water partition coefficient (Wildman–Crippen LogP) is -3.00. The molecular weight excluding hydrogens is 698 g/mol. The zero-order valence-electron chi connectivity index (χ0n) is 29.0. The maximum Gasteiger partial charge on any atom is 0.186 e. The van der Waals surface area contributed by atoms with E-state index in [-0.39, 0.29) is 52.9 Å². The number of rotatable bonds is 23. The number of aromatic nitrogens is 6. The van der Waals surface area contributed by atoms with Crippen LogP contribution in [0, 0.1) is 0 Å². The van der Waals surface area contributed by atoms with Gasteiger partial charge in [-0.2, -0.15) is 0 Å². The van der Waals surface area contributed by atoms with Crippen molar-refractivity contribution in [3.05, 3.63) is 34.2 Å². The van der Waals surface area contributed by atoms with Gasteiger partial charge in [-0.15, -0.1) is 10.2 Å². The van der Waals surface area contributed by atoms with Gasteiger partial charge in [0.1, 0.15) is 48.0 Å². The Labute approximate surface area is 298 Å². The molecule has 0 radical (unpaired) electrons. The van der Waals surface area contributed by atoms with Gasteiger partial charge in [-0.3, -0.25) is 0 Å². The highest BCUT2D eigenvalue weighted by Gasteiger charge is 2.43. The summed E-state index contributed by atoms with van der Waals surface area (Å²) in [4.78, 5) is 2.86. The van der Waals surface area contributed by atoms with Gasteiger partial charge >= 0.3 is 0 Å². The maximum atomic E-state index is 9.98. The molecule has 4 rings (SSSR count). The van der Waals surface area contributed by atoms with E-state index in [1.807, 2.05) is 0 Å². The first kappa shape index (κ1) is 41.8. The zero-order chi connectivity index (χ0) is 37.5. The summed E-state index contributed by atoms with van der Waals surface area (Å²) in [5.41, 5.74) is 10.1. The Balaban J connectivity index is 1.02. The molecule has 0 saturated carbocycles. The van der Waals surface area contributed by atoms with Gasteiger partial charge in [-0.25, -0.2) is 9.36 Å². The van der Waals surface area contributed by atoms with Crippen LogP contribution in [0.2, 0.25) is 0 Å². The highest BCUT2D eigenvalue weighted by Crippen LogP contribution is 2.22. The molecule has 2 fully saturated rings. The predicted molar refractivity (Wildman–Crippen MR) is 171 cm³/mol. The van der Waals surface area contributed by atoms with E-state index in [0.29, 0.717) is 37.7 Å². The Morgan fingerprint density at radius 1 is 0.673 bits per heavy atom. The molecule has 0 aliphatic carbocycles.